The second kappa shape index (κ2) is 8.28. The average Bonchev–Trinajstić information content (AvgIpc) is 2.69. The van der Waals surface area contributed by atoms with E-state index in [1.807, 2.05) is 56.6 Å². The monoisotopic (exact) mass is 346 g/mol. The number of hydrogen-bond donors (Lipinski definition) is 2. The minimum atomic E-state index is -0.779. The van der Waals surface area contributed by atoms with Crippen molar-refractivity contribution in [3.8, 4) is 0 Å². The van der Waals surface area contributed by atoms with Crippen LogP contribution >= 0.6 is 0 Å². The normalized spacial score (nSPS) is 12.9. The summed E-state index contributed by atoms with van der Waals surface area (Å²) in [6, 6.07) is 31.1. The molecule has 0 aliphatic heterocycles. The first-order valence-electron chi connectivity index (χ1n) is 8.89. The van der Waals surface area contributed by atoms with Gasteiger partial charge in [0.1, 0.15) is 0 Å². The van der Waals surface area contributed by atoms with E-state index in [4.69, 9.17) is 0 Å². The number of hydrogen-bond acceptors (Lipinski definition) is 3. The van der Waals surface area contributed by atoms with Gasteiger partial charge in [-0.1, -0.05) is 91.0 Å². The van der Waals surface area contributed by atoms with Crippen LogP contribution in [0.2, 0.25) is 0 Å². The van der Waals surface area contributed by atoms with Gasteiger partial charge in [-0.2, -0.15) is 0 Å². The zero-order valence-electron chi connectivity index (χ0n) is 15.3. The Morgan fingerprint density at radius 1 is 0.769 bits per heavy atom. The molecule has 3 aromatic rings. The van der Waals surface area contributed by atoms with E-state index in [1.165, 1.54) is 5.56 Å². The van der Waals surface area contributed by atoms with Gasteiger partial charge >= 0.3 is 0 Å². The molecule has 3 heteroatoms. The molecule has 1 unspecified atom stereocenters. The summed E-state index contributed by atoms with van der Waals surface area (Å²) in [5, 5.41) is 14.2. The van der Waals surface area contributed by atoms with Gasteiger partial charge in [0.15, 0.2) is 6.35 Å². The van der Waals surface area contributed by atoms with Crippen LogP contribution in [0.15, 0.2) is 91.0 Å². The number of rotatable bonds is 7. The second-order valence-corrected chi connectivity index (χ2v) is 6.78. The lowest BCUT2D eigenvalue weighted by Gasteiger charge is -2.40. The topological polar surface area (TPSA) is 35.5 Å². The maximum absolute atomic E-state index is 10.7. The van der Waals surface area contributed by atoms with Gasteiger partial charge in [-0.05, 0) is 37.2 Å². The molecule has 0 radical (unpaired) electrons. The zero-order valence-corrected chi connectivity index (χ0v) is 15.3. The highest BCUT2D eigenvalue weighted by molar-refractivity contribution is 5.41. The largest absolute Gasteiger partial charge is 0.365 e. The summed E-state index contributed by atoms with van der Waals surface area (Å²) in [5.41, 5.74) is 2.90. The summed E-state index contributed by atoms with van der Waals surface area (Å²) in [5.74, 6) is 0. The molecular formula is C23H26N2O. The molecule has 26 heavy (non-hydrogen) atoms. The molecule has 0 aromatic heterocycles. The van der Waals surface area contributed by atoms with Crippen LogP contribution in [0.4, 0.5) is 0 Å². The Balaban J connectivity index is 2.16. The Labute approximate surface area is 155 Å². The third-order valence-corrected chi connectivity index (χ3v) is 4.71. The van der Waals surface area contributed by atoms with Gasteiger partial charge in [-0.3, -0.25) is 10.2 Å². The third-order valence-electron chi connectivity index (χ3n) is 4.71. The van der Waals surface area contributed by atoms with E-state index < -0.39 is 11.9 Å². The highest BCUT2D eigenvalue weighted by Crippen LogP contribution is 2.34. The van der Waals surface area contributed by atoms with E-state index in [9.17, 15) is 5.11 Å². The van der Waals surface area contributed by atoms with Crippen LogP contribution in [0, 0.1) is 0 Å². The van der Waals surface area contributed by atoms with Crippen molar-refractivity contribution in [3.05, 3.63) is 108 Å². The molecule has 0 spiro atoms. The highest BCUT2D eigenvalue weighted by atomic mass is 16.3. The van der Waals surface area contributed by atoms with Crippen LogP contribution in [0.3, 0.4) is 0 Å². The van der Waals surface area contributed by atoms with Gasteiger partial charge in [-0.15, -0.1) is 0 Å². The average molecular weight is 346 g/mol. The molecule has 0 aliphatic carbocycles. The Kier molecular flexibility index (Phi) is 5.84. The van der Waals surface area contributed by atoms with Crippen molar-refractivity contribution in [2.45, 2.75) is 18.3 Å². The van der Waals surface area contributed by atoms with Crippen molar-refractivity contribution in [1.82, 2.24) is 10.2 Å². The molecule has 0 amide bonds. The molecule has 3 rings (SSSR count). The van der Waals surface area contributed by atoms with Gasteiger partial charge in [0, 0.05) is 0 Å². The molecule has 0 saturated carbocycles. The molecule has 0 fully saturated rings. The van der Waals surface area contributed by atoms with E-state index in [2.05, 4.69) is 53.8 Å². The van der Waals surface area contributed by atoms with Crippen LogP contribution in [-0.4, -0.2) is 30.5 Å². The van der Waals surface area contributed by atoms with E-state index in [-0.39, 0.29) is 0 Å². The van der Waals surface area contributed by atoms with Crippen LogP contribution in [0.25, 0.3) is 0 Å². The molecule has 3 aromatic carbocycles. The number of aliphatic hydroxyl groups is 1. The summed E-state index contributed by atoms with van der Waals surface area (Å²) in [6.07, 6.45) is -0.0497. The summed E-state index contributed by atoms with van der Waals surface area (Å²) >= 11 is 0. The lowest BCUT2D eigenvalue weighted by atomic mass is 9.78. The van der Waals surface area contributed by atoms with E-state index in [1.54, 1.807) is 4.90 Å². The number of nitrogens with zero attached hydrogens (tertiary/aromatic N) is 1. The Bertz CT molecular complexity index is 749. The summed E-state index contributed by atoms with van der Waals surface area (Å²) in [6.45, 7) is 0. The first-order valence-corrected chi connectivity index (χ1v) is 8.89. The van der Waals surface area contributed by atoms with Gasteiger partial charge < -0.3 is 5.11 Å². The first kappa shape index (κ1) is 18.3. The zero-order chi connectivity index (χ0) is 18.4. The van der Waals surface area contributed by atoms with Crippen LogP contribution < -0.4 is 5.32 Å². The molecule has 1 atom stereocenters. The van der Waals surface area contributed by atoms with Crippen LogP contribution in [0.5, 0.6) is 0 Å². The predicted octanol–water partition coefficient (Wildman–Crippen LogP) is 3.60. The molecule has 0 aliphatic rings. The minimum Gasteiger partial charge on any atom is -0.365 e. The molecule has 0 saturated heterocycles. The smallest absolute Gasteiger partial charge is 0.163 e. The van der Waals surface area contributed by atoms with E-state index in [0.717, 1.165) is 17.5 Å². The third kappa shape index (κ3) is 4.02. The lowest BCUT2D eigenvalue weighted by Crippen LogP contribution is -2.55. The predicted molar refractivity (Wildman–Crippen MR) is 107 cm³/mol. The van der Waals surface area contributed by atoms with Gasteiger partial charge in [0.05, 0.1) is 5.54 Å². The van der Waals surface area contributed by atoms with Crippen molar-refractivity contribution in [1.29, 1.82) is 0 Å². The first-order chi connectivity index (χ1) is 12.6. The quantitative estimate of drug-likeness (QED) is 0.642. The fraction of sp³-hybridized carbons (Fsp3) is 0.217. The van der Waals surface area contributed by atoms with Crippen molar-refractivity contribution in [2.24, 2.45) is 0 Å². The van der Waals surface area contributed by atoms with Gasteiger partial charge in [0.25, 0.3) is 0 Å². The number of nitrogens with one attached hydrogen (secondary N) is 1. The van der Waals surface area contributed by atoms with Crippen LogP contribution in [-0.2, 0) is 12.0 Å². The number of aliphatic hydroxyl groups excluding tert-OH is 1. The summed E-state index contributed by atoms with van der Waals surface area (Å²) in [7, 11) is 3.72. The molecule has 134 valence electrons. The van der Waals surface area contributed by atoms with Crippen molar-refractivity contribution < 1.29 is 5.11 Å². The molecule has 2 N–H and O–H groups in total. The molecule has 3 nitrogen and oxygen atoms in total. The SMILES string of the molecule is CN(C)C(O)NC(Cc1ccccc1)(c1ccccc1)c1ccccc1. The standard InChI is InChI=1S/C23H26N2O/c1-25(2)22(26)24-23(20-14-8-4-9-15-20,21-16-10-5-11-17-21)18-19-12-6-3-7-13-19/h3-17,22,24,26H,18H2,1-2H3. The fourth-order valence-corrected chi connectivity index (χ4v) is 3.29. The maximum atomic E-state index is 10.7. The van der Waals surface area contributed by atoms with Crippen molar-refractivity contribution in [3.63, 3.8) is 0 Å². The Hall–Kier alpha value is -2.46. The molecular weight excluding hydrogens is 320 g/mol. The number of benzene rings is 3. The minimum absolute atomic E-state index is 0.548. The maximum Gasteiger partial charge on any atom is 0.163 e. The summed E-state index contributed by atoms with van der Waals surface area (Å²) < 4.78 is 0. The highest BCUT2D eigenvalue weighted by Gasteiger charge is 2.36. The lowest BCUT2D eigenvalue weighted by molar-refractivity contribution is -0.0114. The van der Waals surface area contributed by atoms with Crippen LogP contribution in [0.1, 0.15) is 16.7 Å². The summed E-state index contributed by atoms with van der Waals surface area (Å²) in [4.78, 5) is 1.77. The van der Waals surface area contributed by atoms with Crippen molar-refractivity contribution in [2.75, 3.05) is 14.1 Å². The fourth-order valence-electron chi connectivity index (χ4n) is 3.29. The van der Waals surface area contributed by atoms with E-state index in [0.29, 0.717) is 0 Å². The molecule has 0 bridgehead atoms. The Morgan fingerprint density at radius 3 is 1.62 bits per heavy atom. The van der Waals surface area contributed by atoms with Gasteiger partial charge in [-0.25, -0.2) is 0 Å². The van der Waals surface area contributed by atoms with Crippen molar-refractivity contribution >= 4 is 0 Å². The molecule has 0 heterocycles. The second-order valence-electron chi connectivity index (χ2n) is 6.78. The van der Waals surface area contributed by atoms with Gasteiger partial charge in [0.2, 0.25) is 0 Å². The van der Waals surface area contributed by atoms with E-state index >= 15 is 0 Å². The Morgan fingerprint density at radius 2 is 1.19 bits per heavy atom.